The van der Waals surface area contributed by atoms with E-state index in [9.17, 15) is 13.2 Å². The summed E-state index contributed by atoms with van der Waals surface area (Å²) in [5.41, 5.74) is 4.96. The number of halogens is 3. The van der Waals surface area contributed by atoms with Crippen molar-refractivity contribution in [2.75, 3.05) is 27.2 Å². The molecule has 0 fully saturated rings. The van der Waals surface area contributed by atoms with Gasteiger partial charge in [-0.25, -0.2) is 9.67 Å². The number of aromatic nitrogens is 3. The van der Waals surface area contributed by atoms with E-state index in [0.717, 1.165) is 30.6 Å². The number of hydrogen-bond acceptors (Lipinski definition) is 6. The topological polar surface area (TPSA) is 79.6 Å². The van der Waals surface area contributed by atoms with Crippen LogP contribution in [0.25, 0.3) is 17.1 Å². The van der Waals surface area contributed by atoms with Crippen LogP contribution >= 0.6 is 12.2 Å². The summed E-state index contributed by atoms with van der Waals surface area (Å²) >= 11 is 5.18. The summed E-state index contributed by atoms with van der Waals surface area (Å²) in [5, 5.41) is 12.1. The van der Waals surface area contributed by atoms with Gasteiger partial charge in [-0.1, -0.05) is 24.3 Å². The Hall–Kier alpha value is -3.51. The molecule has 0 radical (unpaired) electrons. The van der Waals surface area contributed by atoms with Crippen LogP contribution < -0.4 is 15.5 Å². The number of nitrogens with zero attached hydrogens (tertiary/aromatic N) is 5. The molecule has 0 aliphatic rings. The molecule has 2 aromatic carbocycles. The number of benzene rings is 2. The summed E-state index contributed by atoms with van der Waals surface area (Å²) in [6, 6.07) is 12.8. The molecule has 0 aliphatic carbocycles. The Morgan fingerprint density at radius 3 is 2.50 bits per heavy atom. The van der Waals surface area contributed by atoms with Gasteiger partial charge in [-0.2, -0.15) is 5.10 Å². The third kappa shape index (κ3) is 8.12. The summed E-state index contributed by atoms with van der Waals surface area (Å²) in [4.78, 5) is 6.38. The Labute approximate surface area is 200 Å². The molecule has 1 heterocycles. The molecule has 8 nitrogen and oxygen atoms in total. The number of hydrogen-bond donors (Lipinski definition) is 2. The van der Waals surface area contributed by atoms with Crippen molar-refractivity contribution in [3.05, 3.63) is 60.4 Å². The first-order chi connectivity index (χ1) is 16.2. The minimum atomic E-state index is -4.73. The SMILES string of the molecule is CN(C)CCCNC(=S)NN=Cc1ccc(-c2ncn(-c3ccc(OC(F)(F)F)cc3)n2)cc1. The van der Waals surface area contributed by atoms with E-state index < -0.39 is 6.36 Å². The fraction of sp³-hybridized carbons (Fsp3) is 0.273. The van der Waals surface area contributed by atoms with Gasteiger partial charge in [-0.15, -0.1) is 18.3 Å². The summed E-state index contributed by atoms with van der Waals surface area (Å²) in [6.45, 7) is 1.74. The van der Waals surface area contributed by atoms with E-state index in [-0.39, 0.29) is 5.75 Å². The molecule has 3 aromatic rings. The van der Waals surface area contributed by atoms with Gasteiger partial charge in [-0.3, -0.25) is 5.43 Å². The quantitative estimate of drug-likeness (QED) is 0.205. The maximum atomic E-state index is 12.3. The lowest BCUT2D eigenvalue weighted by atomic mass is 10.1. The second-order valence-electron chi connectivity index (χ2n) is 7.46. The molecule has 180 valence electrons. The normalized spacial score (nSPS) is 11.7. The van der Waals surface area contributed by atoms with Gasteiger partial charge in [-0.05, 0) is 69.1 Å². The van der Waals surface area contributed by atoms with Crippen LogP contribution in [-0.4, -0.2) is 64.5 Å². The first-order valence-electron chi connectivity index (χ1n) is 10.3. The monoisotopic (exact) mass is 491 g/mol. The van der Waals surface area contributed by atoms with Crippen LogP contribution in [0.15, 0.2) is 60.0 Å². The molecule has 0 atom stereocenters. The van der Waals surface area contributed by atoms with Crippen molar-refractivity contribution in [1.82, 2.24) is 30.4 Å². The lowest BCUT2D eigenvalue weighted by Crippen LogP contribution is -2.33. The molecular formula is C22H24F3N7OS. The standard InChI is InChI=1S/C22H24F3N7OS/c1-31(2)13-3-12-26-21(34)29-28-14-16-4-6-17(7-5-16)20-27-15-32(30-20)18-8-10-19(11-9-18)33-22(23,24)25/h4-11,14-15H,3,12-13H2,1-2H3,(H2,26,29,34). The number of ether oxygens (including phenoxy) is 1. The third-order valence-corrected chi connectivity index (χ3v) is 4.68. The first kappa shape index (κ1) is 25.1. The van der Waals surface area contributed by atoms with E-state index in [1.807, 2.05) is 38.4 Å². The molecule has 0 unspecified atom stereocenters. The minimum absolute atomic E-state index is 0.302. The van der Waals surface area contributed by atoms with Crippen LogP contribution in [0.5, 0.6) is 5.75 Å². The maximum Gasteiger partial charge on any atom is 0.573 e. The van der Waals surface area contributed by atoms with Gasteiger partial charge in [0, 0.05) is 12.1 Å². The van der Waals surface area contributed by atoms with E-state index >= 15 is 0 Å². The van der Waals surface area contributed by atoms with E-state index in [0.29, 0.717) is 16.6 Å². The summed E-state index contributed by atoms with van der Waals surface area (Å²) < 4.78 is 42.2. The lowest BCUT2D eigenvalue weighted by Gasteiger charge is -2.10. The summed E-state index contributed by atoms with van der Waals surface area (Å²) in [6.07, 6.45) is -0.625. The zero-order valence-electron chi connectivity index (χ0n) is 18.6. The second-order valence-corrected chi connectivity index (χ2v) is 7.87. The zero-order chi connectivity index (χ0) is 24.6. The summed E-state index contributed by atoms with van der Waals surface area (Å²) in [7, 11) is 4.04. The first-order valence-corrected chi connectivity index (χ1v) is 10.7. The highest BCUT2D eigenvalue weighted by Gasteiger charge is 2.31. The smallest absolute Gasteiger partial charge is 0.406 e. The molecule has 0 amide bonds. The number of thiocarbonyl (C=S) groups is 1. The van der Waals surface area contributed by atoms with Crippen LogP contribution in [0.3, 0.4) is 0 Å². The average Bonchev–Trinajstić information content (AvgIpc) is 3.27. The van der Waals surface area contributed by atoms with Gasteiger partial charge in [0.15, 0.2) is 10.9 Å². The highest BCUT2D eigenvalue weighted by Crippen LogP contribution is 2.24. The van der Waals surface area contributed by atoms with Crippen molar-refractivity contribution in [3.63, 3.8) is 0 Å². The average molecular weight is 492 g/mol. The van der Waals surface area contributed by atoms with Crippen LogP contribution in [0.4, 0.5) is 13.2 Å². The molecular weight excluding hydrogens is 467 g/mol. The fourth-order valence-electron chi connectivity index (χ4n) is 2.84. The molecule has 1 aromatic heterocycles. The van der Waals surface area contributed by atoms with Crippen molar-refractivity contribution in [3.8, 4) is 22.8 Å². The van der Waals surface area contributed by atoms with Gasteiger partial charge in [0.2, 0.25) is 0 Å². The predicted molar refractivity (Wildman–Crippen MR) is 128 cm³/mol. The van der Waals surface area contributed by atoms with Crippen molar-refractivity contribution >= 4 is 23.5 Å². The Morgan fingerprint density at radius 1 is 1.15 bits per heavy atom. The Morgan fingerprint density at radius 2 is 1.85 bits per heavy atom. The number of nitrogens with one attached hydrogen (secondary N) is 2. The predicted octanol–water partition coefficient (Wildman–Crippen LogP) is 3.58. The van der Waals surface area contributed by atoms with Crippen LogP contribution in [-0.2, 0) is 0 Å². The van der Waals surface area contributed by atoms with Gasteiger partial charge < -0.3 is 15.0 Å². The molecule has 0 saturated heterocycles. The molecule has 0 saturated carbocycles. The Bertz CT molecular complexity index is 1100. The molecule has 2 N–H and O–H groups in total. The second kappa shape index (κ2) is 11.6. The van der Waals surface area contributed by atoms with Crippen molar-refractivity contribution < 1.29 is 17.9 Å². The number of alkyl halides is 3. The highest BCUT2D eigenvalue weighted by molar-refractivity contribution is 7.80. The van der Waals surface area contributed by atoms with Gasteiger partial charge in [0.05, 0.1) is 11.9 Å². The van der Waals surface area contributed by atoms with Crippen LogP contribution in [0, 0.1) is 0 Å². The lowest BCUT2D eigenvalue weighted by molar-refractivity contribution is -0.274. The third-order valence-electron chi connectivity index (χ3n) is 4.44. The Kier molecular flexibility index (Phi) is 8.55. The van der Waals surface area contributed by atoms with Gasteiger partial charge in [0.1, 0.15) is 12.1 Å². The van der Waals surface area contributed by atoms with Crippen molar-refractivity contribution in [1.29, 1.82) is 0 Å². The molecule has 34 heavy (non-hydrogen) atoms. The zero-order valence-corrected chi connectivity index (χ0v) is 19.4. The van der Waals surface area contributed by atoms with Gasteiger partial charge >= 0.3 is 6.36 Å². The fourth-order valence-corrected chi connectivity index (χ4v) is 3.00. The number of rotatable bonds is 9. The number of hydrazone groups is 1. The molecule has 12 heteroatoms. The van der Waals surface area contributed by atoms with Crippen molar-refractivity contribution in [2.24, 2.45) is 5.10 Å². The van der Waals surface area contributed by atoms with E-state index in [1.165, 1.54) is 35.3 Å². The Balaban J connectivity index is 1.53. The van der Waals surface area contributed by atoms with E-state index in [1.54, 1.807) is 6.21 Å². The van der Waals surface area contributed by atoms with Crippen molar-refractivity contribution in [2.45, 2.75) is 12.8 Å². The molecule has 0 aliphatic heterocycles. The minimum Gasteiger partial charge on any atom is -0.406 e. The van der Waals surface area contributed by atoms with Crippen LogP contribution in [0.1, 0.15) is 12.0 Å². The van der Waals surface area contributed by atoms with Crippen LogP contribution in [0.2, 0.25) is 0 Å². The molecule has 0 bridgehead atoms. The van der Waals surface area contributed by atoms with E-state index in [2.05, 4.69) is 35.6 Å². The van der Waals surface area contributed by atoms with Gasteiger partial charge in [0.25, 0.3) is 0 Å². The van der Waals surface area contributed by atoms with E-state index in [4.69, 9.17) is 12.2 Å². The largest absolute Gasteiger partial charge is 0.573 e. The highest BCUT2D eigenvalue weighted by atomic mass is 32.1. The maximum absolute atomic E-state index is 12.3. The molecule has 3 rings (SSSR count). The molecule has 0 spiro atoms. The summed E-state index contributed by atoms with van der Waals surface area (Å²) in [5.74, 6) is 0.171.